The summed E-state index contributed by atoms with van der Waals surface area (Å²) in [6.07, 6.45) is 0. The molecule has 0 saturated heterocycles. The van der Waals surface area contributed by atoms with Crippen LogP contribution in [0.2, 0.25) is 0 Å². The number of hydrogen-bond acceptors (Lipinski definition) is 4. The maximum Gasteiger partial charge on any atom is 0.647 e. The van der Waals surface area contributed by atoms with Crippen molar-refractivity contribution in [2.45, 2.75) is 19.3 Å². The van der Waals surface area contributed by atoms with Crippen molar-refractivity contribution in [3.05, 3.63) is 151 Å². The zero-order valence-corrected chi connectivity index (χ0v) is 22.3. The molecular formula is C33H29O4P. The second-order valence-electron chi connectivity index (χ2n) is 9.44. The van der Waals surface area contributed by atoms with Crippen LogP contribution >= 0.6 is 7.82 Å². The molecule has 190 valence electrons. The summed E-state index contributed by atoms with van der Waals surface area (Å²) in [5.41, 5.74) is 4.41. The molecule has 0 aliphatic carbocycles. The number of phosphoric acid groups is 1. The number of hydrogen-bond donors (Lipinski definition) is 0. The highest BCUT2D eigenvalue weighted by atomic mass is 31.2. The Bertz CT molecular complexity index is 1450. The fourth-order valence-electron chi connectivity index (χ4n) is 4.21. The first-order valence-electron chi connectivity index (χ1n) is 12.5. The monoisotopic (exact) mass is 520 g/mol. The summed E-state index contributed by atoms with van der Waals surface area (Å²) >= 11 is 0. The predicted molar refractivity (Wildman–Crippen MR) is 153 cm³/mol. The molecule has 0 unspecified atom stereocenters. The highest BCUT2D eigenvalue weighted by molar-refractivity contribution is 7.49. The van der Waals surface area contributed by atoms with Gasteiger partial charge in [-0.25, -0.2) is 0 Å². The fourth-order valence-corrected chi connectivity index (χ4v) is 5.47. The van der Waals surface area contributed by atoms with Gasteiger partial charge >= 0.3 is 7.82 Å². The molecule has 0 heterocycles. The van der Waals surface area contributed by atoms with Gasteiger partial charge in [-0.1, -0.05) is 117 Å². The average Bonchev–Trinajstić information content (AvgIpc) is 2.95. The average molecular weight is 521 g/mol. The van der Waals surface area contributed by atoms with E-state index in [0.717, 1.165) is 5.56 Å². The Balaban J connectivity index is 1.36. The van der Waals surface area contributed by atoms with Crippen molar-refractivity contribution in [1.29, 1.82) is 0 Å². The first kappa shape index (κ1) is 25.4. The van der Waals surface area contributed by atoms with Crippen LogP contribution in [0.4, 0.5) is 0 Å². The third-order valence-corrected chi connectivity index (χ3v) is 7.73. The first-order chi connectivity index (χ1) is 18.4. The Kier molecular flexibility index (Phi) is 7.35. The molecule has 0 bridgehead atoms. The van der Waals surface area contributed by atoms with Gasteiger partial charge in [-0.2, -0.15) is 4.57 Å². The van der Waals surface area contributed by atoms with Gasteiger partial charge in [0.2, 0.25) is 0 Å². The lowest BCUT2D eigenvalue weighted by molar-refractivity contribution is 0.298. The minimum Gasteiger partial charge on any atom is -0.386 e. The maximum atomic E-state index is 13.7. The standard InChI is InChI=1S/C33H29O4P/c1-33(2,28-20-18-27(19-21-28)26-12-6-3-7-13-26)29-22-24-32(25-23-29)37-38(34,35-30-14-8-4-9-15-30)36-31-16-10-5-11-17-31/h3-25H,1-2H3. The Morgan fingerprint density at radius 1 is 0.447 bits per heavy atom. The van der Waals surface area contributed by atoms with E-state index in [1.54, 1.807) is 60.7 Å². The van der Waals surface area contributed by atoms with E-state index in [2.05, 4.69) is 50.2 Å². The zero-order chi connectivity index (χ0) is 26.4. The number of rotatable bonds is 9. The fraction of sp³-hybridized carbons (Fsp3) is 0.0909. The molecule has 0 fully saturated rings. The maximum absolute atomic E-state index is 13.7. The molecule has 0 aliphatic rings. The van der Waals surface area contributed by atoms with Crippen molar-refractivity contribution in [3.8, 4) is 28.4 Å². The van der Waals surface area contributed by atoms with Gasteiger partial charge in [0.05, 0.1) is 0 Å². The van der Waals surface area contributed by atoms with E-state index in [0.29, 0.717) is 17.2 Å². The smallest absolute Gasteiger partial charge is 0.386 e. The van der Waals surface area contributed by atoms with Crippen LogP contribution in [0.5, 0.6) is 17.2 Å². The molecule has 0 amide bonds. The molecule has 4 nitrogen and oxygen atoms in total. The van der Waals surface area contributed by atoms with Crippen LogP contribution in [0.3, 0.4) is 0 Å². The zero-order valence-electron chi connectivity index (χ0n) is 21.4. The van der Waals surface area contributed by atoms with Crippen LogP contribution in [-0.4, -0.2) is 0 Å². The third-order valence-electron chi connectivity index (χ3n) is 6.43. The highest BCUT2D eigenvalue weighted by Gasteiger charge is 2.33. The second kappa shape index (κ2) is 11.0. The molecular weight excluding hydrogens is 491 g/mol. The lowest BCUT2D eigenvalue weighted by atomic mass is 9.78. The Hall–Kier alpha value is -4.27. The SMILES string of the molecule is CC(C)(c1ccc(OP(=O)(Oc2ccccc2)Oc2ccccc2)cc1)c1ccc(-c2ccccc2)cc1. The normalized spacial score (nSPS) is 11.5. The predicted octanol–water partition coefficient (Wildman–Crippen LogP) is 9.32. The van der Waals surface area contributed by atoms with E-state index in [-0.39, 0.29) is 5.41 Å². The molecule has 5 heteroatoms. The molecule has 5 aromatic rings. The topological polar surface area (TPSA) is 44.8 Å². The summed E-state index contributed by atoms with van der Waals surface area (Å²) < 4.78 is 31.0. The van der Waals surface area contributed by atoms with Crippen molar-refractivity contribution in [3.63, 3.8) is 0 Å². The van der Waals surface area contributed by atoms with Crippen LogP contribution in [0.1, 0.15) is 25.0 Å². The summed E-state index contributed by atoms with van der Waals surface area (Å²) in [5.74, 6) is 1.17. The van der Waals surface area contributed by atoms with Crippen LogP contribution in [0.15, 0.2) is 140 Å². The third kappa shape index (κ3) is 5.99. The Morgan fingerprint density at radius 2 is 0.789 bits per heavy atom. The second-order valence-corrected chi connectivity index (χ2v) is 10.9. The molecule has 5 aromatic carbocycles. The van der Waals surface area contributed by atoms with Crippen LogP contribution < -0.4 is 13.6 Å². The van der Waals surface area contributed by atoms with Gasteiger partial charge in [0.15, 0.2) is 0 Å². The minimum absolute atomic E-state index is 0.251. The lowest BCUT2D eigenvalue weighted by Gasteiger charge is -2.27. The van der Waals surface area contributed by atoms with Gasteiger partial charge < -0.3 is 13.6 Å². The van der Waals surface area contributed by atoms with E-state index in [4.69, 9.17) is 13.6 Å². The number of para-hydroxylation sites is 2. The van der Waals surface area contributed by atoms with Gasteiger partial charge in [-0.3, -0.25) is 0 Å². The molecule has 38 heavy (non-hydrogen) atoms. The summed E-state index contributed by atoms with van der Waals surface area (Å²) in [6.45, 7) is 4.37. The van der Waals surface area contributed by atoms with Crippen LogP contribution in [0.25, 0.3) is 11.1 Å². The quantitative estimate of drug-likeness (QED) is 0.182. The molecule has 0 radical (unpaired) electrons. The summed E-state index contributed by atoms with van der Waals surface area (Å²) in [6, 6.07) is 44.3. The van der Waals surface area contributed by atoms with E-state index < -0.39 is 7.82 Å². The molecule has 0 aliphatic heterocycles. The van der Waals surface area contributed by atoms with Crippen molar-refractivity contribution in [2.75, 3.05) is 0 Å². The molecule has 0 saturated carbocycles. The molecule has 0 N–H and O–H groups in total. The summed E-state index contributed by atoms with van der Waals surface area (Å²) in [7, 11) is -4.03. The molecule has 5 rings (SSSR count). The highest BCUT2D eigenvalue weighted by Crippen LogP contribution is 2.50. The van der Waals surface area contributed by atoms with Crippen molar-refractivity contribution >= 4 is 7.82 Å². The molecule has 0 aromatic heterocycles. The lowest BCUT2D eigenvalue weighted by Crippen LogP contribution is -2.18. The van der Waals surface area contributed by atoms with Gasteiger partial charge in [0.1, 0.15) is 17.2 Å². The molecule has 0 atom stereocenters. The summed E-state index contributed by atoms with van der Waals surface area (Å²) in [5, 5.41) is 0. The van der Waals surface area contributed by atoms with Gasteiger partial charge in [-0.05, 0) is 58.7 Å². The largest absolute Gasteiger partial charge is 0.647 e. The number of benzene rings is 5. The van der Waals surface area contributed by atoms with Crippen molar-refractivity contribution in [2.24, 2.45) is 0 Å². The van der Waals surface area contributed by atoms with Crippen molar-refractivity contribution < 1.29 is 18.1 Å². The van der Waals surface area contributed by atoms with Gasteiger partial charge in [0, 0.05) is 5.41 Å². The molecule has 0 spiro atoms. The van der Waals surface area contributed by atoms with Gasteiger partial charge in [-0.15, -0.1) is 0 Å². The Morgan fingerprint density at radius 3 is 1.24 bits per heavy atom. The van der Waals surface area contributed by atoms with E-state index in [9.17, 15) is 4.57 Å². The van der Waals surface area contributed by atoms with E-state index >= 15 is 0 Å². The van der Waals surface area contributed by atoms with Crippen molar-refractivity contribution in [1.82, 2.24) is 0 Å². The van der Waals surface area contributed by atoms with E-state index in [1.165, 1.54) is 16.7 Å². The first-order valence-corrected chi connectivity index (χ1v) is 13.9. The van der Waals surface area contributed by atoms with E-state index in [1.807, 2.05) is 42.5 Å². The van der Waals surface area contributed by atoms with Gasteiger partial charge in [0.25, 0.3) is 0 Å². The van der Waals surface area contributed by atoms with Crippen LogP contribution in [0, 0.1) is 0 Å². The van der Waals surface area contributed by atoms with Crippen LogP contribution in [-0.2, 0) is 9.98 Å². The minimum atomic E-state index is -4.03. The number of phosphoric ester groups is 1. The Labute approximate surface area is 224 Å². The summed E-state index contributed by atoms with van der Waals surface area (Å²) in [4.78, 5) is 0.